The number of rotatable bonds is 6. The van der Waals surface area contributed by atoms with Crippen LogP contribution in [0, 0.1) is 10.8 Å². The van der Waals surface area contributed by atoms with Crippen molar-refractivity contribution in [2.24, 2.45) is 10.8 Å². The van der Waals surface area contributed by atoms with Crippen molar-refractivity contribution in [2.75, 3.05) is 19.6 Å². The summed E-state index contributed by atoms with van der Waals surface area (Å²) in [5.41, 5.74) is 0.375. The molecule has 0 spiro atoms. The predicted octanol–water partition coefficient (Wildman–Crippen LogP) is 2.46. The summed E-state index contributed by atoms with van der Waals surface area (Å²) in [4.78, 5) is 12.5. The van der Waals surface area contributed by atoms with Gasteiger partial charge in [-0.3, -0.25) is 4.79 Å². The lowest BCUT2D eigenvalue weighted by Gasteiger charge is -2.35. The van der Waals surface area contributed by atoms with Crippen LogP contribution in [-0.2, 0) is 4.79 Å². The highest BCUT2D eigenvalue weighted by molar-refractivity contribution is 5.82. The molecule has 0 aromatic carbocycles. The summed E-state index contributed by atoms with van der Waals surface area (Å²) in [5, 5.41) is 6.62. The maximum absolute atomic E-state index is 12.5. The Hall–Kier alpha value is -0.570. The van der Waals surface area contributed by atoms with E-state index in [1.165, 1.54) is 25.7 Å². The van der Waals surface area contributed by atoms with Crippen molar-refractivity contribution >= 4 is 5.91 Å². The molecule has 1 aliphatic carbocycles. The number of nitrogens with one attached hydrogen (secondary N) is 2. The standard InChI is InChI=1S/C15H28N2O/c1-3-5-14(6-7-14)12-17-13(18)15(4-2)8-10-16-11-9-15/h16H,3-12H2,1-2H3,(H,17,18). The Morgan fingerprint density at radius 1 is 1.17 bits per heavy atom. The van der Waals surface area contributed by atoms with Gasteiger partial charge in [-0.2, -0.15) is 0 Å². The number of amides is 1. The van der Waals surface area contributed by atoms with Gasteiger partial charge in [0.15, 0.2) is 0 Å². The Bertz CT molecular complexity index is 291. The fraction of sp³-hybridized carbons (Fsp3) is 0.933. The molecule has 1 saturated carbocycles. The van der Waals surface area contributed by atoms with Gasteiger partial charge in [0, 0.05) is 6.54 Å². The van der Waals surface area contributed by atoms with E-state index in [0.717, 1.165) is 38.9 Å². The van der Waals surface area contributed by atoms with Gasteiger partial charge in [-0.25, -0.2) is 0 Å². The second-order valence-electron chi connectivity index (χ2n) is 6.32. The summed E-state index contributed by atoms with van der Waals surface area (Å²) in [6.45, 7) is 7.28. The minimum Gasteiger partial charge on any atom is -0.355 e. The van der Waals surface area contributed by atoms with Crippen molar-refractivity contribution in [1.82, 2.24) is 10.6 Å². The molecule has 1 heterocycles. The topological polar surface area (TPSA) is 41.1 Å². The highest BCUT2D eigenvalue weighted by atomic mass is 16.2. The number of carbonyl (C=O) groups is 1. The lowest BCUT2D eigenvalue weighted by atomic mass is 9.75. The van der Waals surface area contributed by atoms with Crippen molar-refractivity contribution in [2.45, 2.75) is 58.8 Å². The molecule has 2 aliphatic rings. The van der Waals surface area contributed by atoms with Crippen molar-refractivity contribution < 1.29 is 4.79 Å². The minimum atomic E-state index is -0.0897. The zero-order valence-electron chi connectivity index (χ0n) is 12.0. The number of hydrogen-bond donors (Lipinski definition) is 2. The van der Waals surface area contributed by atoms with Crippen LogP contribution in [0.1, 0.15) is 58.8 Å². The van der Waals surface area contributed by atoms with Crippen LogP contribution in [0.5, 0.6) is 0 Å². The van der Waals surface area contributed by atoms with Crippen molar-refractivity contribution in [1.29, 1.82) is 0 Å². The van der Waals surface area contributed by atoms with Gasteiger partial charge in [-0.05, 0) is 57.0 Å². The first-order chi connectivity index (χ1) is 8.66. The number of hydrogen-bond acceptors (Lipinski definition) is 2. The van der Waals surface area contributed by atoms with Crippen LogP contribution in [-0.4, -0.2) is 25.5 Å². The van der Waals surface area contributed by atoms with Crippen molar-refractivity contribution in [3.63, 3.8) is 0 Å². The number of carbonyl (C=O) groups excluding carboxylic acids is 1. The average molecular weight is 252 g/mol. The molecular weight excluding hydrogens is 224 g/mol. The first-order valence-corrected chi connectivity index (χ1v) is 7.65. The second-order valence-corrected chi connectivity index (χ2v) is 6.32. The van der Waals surface area contributed by atoms with E-state index in [9.17, 15) is 4.79 Å². The van der Waals surface area contributed by atoms with E-state index >= 15 is 0 Å². The maximum Gasteiger partial charge on any atom is 0.226 e. The fourth-order valence-electron chi connectivity index (χ4n) is 3.32. The molecule has 1 aliphatic heterocycles. The molecule has 2 fully saturated rings. The number of piperidine rings is 1. The molecule has 2 rings (SSSR count). The van der Waals surface area contributed by atoms with Gasteiger partial charge in [-0.15, -0.1) is 0 Å². The molecule has 1 saturated heterocycles. The molecule has 0 radical (unpaired) electrons. The third kappa shape index (κ3) is 2.87. The van der Waals surface area contributed by atoms with Crippen LogP contribution >= 0.6 is 0 Å². The molecule has 0 aromatic rings. The van der Waals surface area contributed by atoms with E-state index in [-0.39, 0.29) is 5.41 Å². The molecule has 18 heavy (non-hydrogen) atoms. The smallest absolute Gasteiger partial charge is 0.226 e. The predicted molar refractivity (Wildman–Crippen MR) is 74.4 cm³/mol. The Labute approximate surface area is 111 Å². The van der Waals surface area contributed by atoms with Crippen LogP contribution in [0.15, 0.2) is 0 Å². The van der Waals surface area contributed by atoms with Crippen LogP contribution in [0.3, 0.4) is 0 Å². The lowest BCUT2D eigenvalue weighted by Crippen LogP contribution is -2.48. The van der Waals surface area contributed by atoms with Gasteiger partial charge >= 0.3 is 0 Å². The normalized spacial score (nSPS) is 24.6. The Kier molecular flexibility index (Phi) is 4.31. The molecule has 2 N–H and O–H groups in total. The molecule has 0 aromatic heterocycles. The molecule has 0 unspecified atom stereocenters. The molecular formula is C15H28N2O. The van der Waals surface area contributed by atoms with E-state index in [2.05, 4.69) is 24.5 Å². The highest BCUT2D eigenvalue weighted by Crippen LogP contribution is 2.49. The second kappa shape index (κ2) is 5.60. The summed E-state index contributed by atoms with van der Waals surface area (Å²) in [6.07, 6.45) is 8.09. The largest absolute Gasteiger partial charge is 0.355 e. The van der Waals surface area contributed by atoms with Crippen molar-refractivity contribution in [3.8, 4) is 0 Å². The zero-order chi connectivity index (χ0) is 13.1. The molecule has 0 atom stereocenters. The monoisotopic (exact) mass is 252 g/mol. The van der Waals surface area contributed by atoms with Gasteiger partial charge in [-0.1, -0.05) is 20.3 Å². The SMILES string of the molecule is CCCC1(CNC(=O)C2(CC)CCNCC2)CC1. The fourth-order valence-corrected chi connectivity index (χ4v) is 3.32. The summed E-state index contributed by atoms with van der Waals surface area (Å²) in [6, 6.07) is 0. The first-order valence-electron chi connectivity index (χ1n) is 7.65. The average Bonchev–Trinajstić information content (AvgIpc) is 3.17. The zero-order valence-corrected chi connectivity index (χ0v) is 12.0. The van der Waals surface area contributed by atoms with E-state index < -0.39 is 0 Å². The van der Waals surface area contributed by atoms with Crippen LogP contribution in [0.4, 0.5) is 0 Å². The minimum absolute atomic E-state index is 0.0897. The van der Waals surface area contributed by atoms with Crippen LogP contribution < -0.4 is 10.6 Å². The van der Waals surface area contributed by atoms with Gasteiger partial charge in [0.1, 0.15) is 0 Å². The van der Waals surface area contributed by atoms with Gasteiger partial charge in [0.25, 0.3) is 0 Å². The molecule has 3 heteroatoms. The Morgan fingerprint density at radius 2 is 1.83 bits per heavy atom. The quantitative estimate of drug-likeness (QED) is 0.762. The van der Waals surface area contributed by atoms with E-state index in [4.69, 9.17) is 0 Å². The van der Waals surface area contributed by atoms with Gasteiger partial charge in [0.2, 0.25) is 5.91 Å². The van der Waals surface area contributed by atoms with E-state index in [0.29, 0.717) is 11.3 Å². The Morgan fingerprint density at radius 3 is 2.33 bits per heavy atom. The van der Waals surface area contributed by atoms with Crippen LogP contribution in [0.2, 0.25) is 0 Å². The first kappa shape index (κ1) is 13.9. The summed E-state index contributed by atoms with van der Waals surface area (Å²) >= 11 is 0. The highest BCUT2D eigenvalue weighted by Gasteiger charge is 2.43. The van der Waals surface area contributed by atoms with Gasteiger partial charge in [0.05, 0.1) is 5.41 Å². The van der Waals surface area contributed by atoms with Crippen LogP contribution in [0.25, 0.3) is 0 Å². The van der Waals surface area contributed by atoms with E-state index in [1.807, 2.05) is 0 Å². The van der Waals surface area contributed by atoms with Gasteiger partial charge < -0.3 is 10.6 Å². The molecule has 3 nitrogen and oxygen atoms in total. The third-order valence-electron chi connectivity index (χ3n) is 5.08. The summed E-state index contributed by atoms with van der Waals surface area (Å²) in [5.74, 6) is 0.314. The molecule has 0 bridgehead atoms. The molecule has 1 amide bonds. The van der Waals surface area contributed by atoms with E-state index in [1.54, 1.807) is 0 Å². The summed E-state index contributed by atoms with van der Waals surface area (Å²) in [7, 11) is 0. The third-order valence-corrected chi connectivity index (χ3v) is 5.08. The lowest BCUT2D eigenvalue weighted by molar-refractivity contribution is -0.133. The summed E-state index contributed by atoms with van der Waals surface area (Å²) < 4.78 is 0. The van der Waals surface area contributed by atoms with Crippen molar-refractivity contribution in [3.05, 3.63) is 0 Å². The molecule has 104 valence electrons. The maximum atomic E-state index is 12.5. The Balaban J connectivity index is 1.86.